The van der Waals surface area contributed by atoms with Crippen LogP contribution in [0.1, 0.15) is 81.6 Å². The number of ketones is 1. The Kier molecular flexibility index (Phi) is 7.21. The molecule has 0 aromatic heterocycles. The predicted octanol–water partition coefficient (Wildman–Crippen LogP) is 7.12. The molecule has 8 atom stereocenters. The minimum Gasteiger partial charge on any atom is -0.450 e. The fraction of sp³-hybridized carbons (Fsp3) is 0.538. The Bertz CT molecular complexity index is 1540. The number of aliphatic hydroxyl groups is 2. The van der Waals surface area contributed by atoms with E-state index in [4.69, 9.17) is 4.74 Å². The highest BCUT2D eigenvalue weighted by Gasteiger charge is 2.74. The largest absolute Gasteiger partial charge is 0.450 e. The average molecular weight is 610 g/mol. The van der Waals surface area contributed by atoms with Crippen LogP contribution in [-0.4, -0.2) is 51.8 Å². The zero-order valence-electron chi connectivity index (χ0n) is 26.9. The summed E-state index contributed by atoms with van der Waals surface area (Å²) in [4.78, 5) is 29.6. The van der Waals surface area contributed by atoms with E-state index in [1.165, 1.54) is 0 Å². The van der Waals surface area contributed by atoms with Crippen molar-refractivity contribution in [2.24, 2.45) is 33.5 Å². The number of nitrogens with zero attached hydrogens (tertiary/aromatic N) is 1. The number of allylic oxidation sites excluding steroid dienone is 4. The normalized spacial score (nSPS) is 39.3. The van der Waals surface area contributed by atoms with Gasteiger partial charge >= 0.3 is 6.09 Å². The lowest BCUT2D eigenvalue weighted by Gasteiger charge is -2.71. The maximum Gasteiger partial charge on any atom is 0.410 e. The van der Waals surface area contributed by atoms with Crippen LogP contribution in [0, 0.1) is 33.5 Å². The van der Waals surface area contributed by atoms with Crippen molar-refractivity contribution in [1.29, 1.82) is 0 Å². The van der Waals surface area contributed by atoms with Gasteiger partial charge in [0.25, 0.3) is 0 Å². The first-order valence-electron chi connectivity index (χ1n) is 16.9. The molecule has 6 nitrogen and oxygen atoms in total. The van der Waals surface area contributed by atoms with Crippen molar-refractivity contribution in [3.63, 3.8) is 0 Å². The van der Waals surface area contributed by atoms with Crippen molar-refractivity contribution in [2.45, 2.75) is 84.0 Å². The molecular weight excluding hydrogens is 562 g/mol. The van der Waals surface area contributed by atoms with E-state index < -0.39 is 22.5 Å². The van der Waals surface area contributed by atoms with Crippen molar-refractivity contribution < 1.29 is 24.5 Å². The topological polar surface area (TPSA) is 87.1 Å². The molecule has 0 heterocycles. The van der Waals surface area contributed by atoms with Crippen molar-refractivity contribution in [1.82, 2.24) is 4.90 Å². The molecule has 2 bridgehead atoms. The molecule has 1 amide bonds. The molecule has 3 fully saturated rings. The molecule has 2 aromatic carbocycles. The van der Waals surface area contributed by atoms with Gasteiger partial charge in [-0.3, -0.25) is 4.79 Å². The van der Waals surface area contributed by atoms with Gasteiger partial charge in [-0.1, -0.05) is 92.7 Å². The van der Waals surface area contributed by atoms with Crippen molar-refractivity contribution in [3.05, 3.63) is 95.6 Å². The Morgan fingerprint density at radius 2 is 1.53 bits per heavy atom. The molecule has 238 valence electrons. The highest BCUT2D eigenvalue weighted by atomic mass is 16.6. The van der Waals surface area contributed by atoms with Crippen LogP contribution >= 0.6 is 0 Å². The Labute approximate surface area is 267 Å². The molecule has 8 unspecified atom stereocenters. The lowest BCUT2D eigenvalue weighted by molar-refractivity contribution is -0.175. The second-order valence-corrected chi connectivity index (χ2v) is 15.0. The van der Waals surface area contributed by atoms with Gasteiger partial charge in [-0.15, -0.1) is 0 Å². The lowest BCUT2D eigenvalue weighted by Crippen LogP contribution is -2.67. The molecule has 0 aliphatic heterocycles. The van der Waals surface area contributed by atoms with Crippen LogP contribution in [0.2, 0.25) is 0 Å². The smallest absolute Gasteiger partial charge is 0.410 e. The quantitative estimate of drug-likeness (QED) is 0.258. The van der Waals surface area contributed by atoms with Gasteiger partial charge in [-0.05, 0) is 74.7 Å². The number of ether oxygens (including phenoxy) is 1. The van der Waals surface area contributed by atoms with Crippen molar-refractivity contribution >= 4 is 11.9 Å². The first-order chi connectivity index (χ1) is 21.5. The van der Waals surface area contributed by atoms with Gasteiger partial charge in [0.15, 0.2) is 5.78 Å². The van der Waals surface area contributed by atoms with Crippen LogP contribution in [-0.2, 0) is 11.3 Å². The molecule has 2 spiro atoms. The third-order valence-corrected chi connectivity index (χ3v) is 13.2. The molecule has 6 aliphatic carbocycles. The summed E-state index contributed by atoms with van der Waals surface area (Å²) in [6.07, 6.45) is 11.5. The second kappa shape index (κ2) is 10.7. The van der Waals surface area contributed by atoms with Gasteiger partial charge in [0, 0.05) is 33.9 Å². The van der Waals surface area contributed by atoms with Crippen LogP contribution in [0.25, 0.3) is 0 Å². The number of amides is 1. The lowest BCUT2D eigenvalue weighted by atomic mass is 9.32. The average Bonchev–Trinajstić information content (AvgIpc) is 3.31. The van der Waals surface area contributed by atoms with Crippen LogP contribution in [0.15, 0.2) is 84.5 Å². The van der Waals surface area contributed by atoms with Crippen molar-refractivity contribution in [3.8, 4) is 0 Å². The summed E-state index contributed by atoms with van der Waals surface area (Å²) in [6.45, 7) is 7.22. The van der Waals surface area contributed by atoms with Gasteiger partial charge in [0.1, 0.15) is 0 Å². The fourth-order valence-corrected chi connectivity index (χ4v) is 10.9. The third kappa shape index (κ3) is 4.27. The number of benzene rings is 2. The zero-order chi connectivity index (χ0) is 31.7. The maximum atomic E-state index is 14.6. The van der Waals surface area contributed by atoms with Gasteiger partial charge in [-0.2, -0.15) is 0 Å². The van der Waals surface area contributed by atoms with E-state index >= 15 is 0 Å². The number of hydrogen-bond donors (Lipinski definition) is 2. The Morgan fingerprint density at radius 1 is 0.889 bits per heavy atom. The summed E-state index contributed by atoms with van der Waals surface area (Å²) in [6, 6.07) is 19.4. The highest BCUT2D eigenvalue weighted by molar-refractivity contribution is 6.10. The van der Waals surface area contributed by atoms with E-state index in [0.29, 0.717) is 24.9 Å². The number of aliphatic hydroxyl groups excluding tert-OH is 1. The number of Topliss-reactive ketones (excluding diaryl/α,β-unsaturated/α-hetero) is 1. The summed E-state index contributed by atoms with van der Waals surface area (Å²) in [5.74, 6) is 0.302. The number of carbonyl (C=O) groups excluding carboxylic acids is 2. The van der Waals surface area contributed by atoms with Gasteiger partial charge in [-0.25, -0.2) is 4.79 Å². The van der Waals surface area contributed by atoms with Gasteiger partial charge in [0.2, 0.25) is 0 Å². The van der Waals surface area contributed by atoms with Crippen LogP contribution < -0.4 is 0 Å². The number of rotatable bonds is 7. The monoisotopic (exact) mass is 609 g/mol. The Balaban J connectivity index is 1.31. The van der Waals surface area contributed by atoms with Gasteiger partial charge in [0.05, 0.1) is 24.9 Å². The number of fused-ring (bicyclic) bond motifs is 1. The van der Waals surface area contributed by atoms with Crippen LogP contribution in [0.5, 0.6) is 0 Å². The Hall–Kier alpha value is -3.22. The summed E-state index contributed by atoms with van der Waals surface area (Å²) in [5, 5.41) is 23.7. The molecule has 6 aliphatic rings. The highest BCUT2D eigenvalue weighted by Crippen LogP contribution is 2.78. The summed E-state index contributed by atoms with van der Waals surface area (Å²) < 4.78 is 5.50. The molecular formula is C39H47NO5. The SMILES string of the molecule is CCOC(=O)N(Cc1ccccc1)CC1(O)CCC2C34C=CC5(C=C3C(=O)c3ccccc3)CC(O)CCC5(C)C4CCC21C. The summed E-state index contributed by atoms with van der Waals surface area (Å²) >= 11 is 0. The van der Waals surface area contributed by atoms with Crippen molar-refractivity contribution in [2.75, 3.05) is 13.2 Å². The fourth-order valence-electron chi connectivity index (χ4n) is 10.9. The summed E-state index contributed by atoms with van der Waals surface area (Å²) in [5.41, 5.74) is -0.151. The molecule has 0 radical (unpaired) electrons. The zero-order valence-corrected chi connectivity index (χ0v) is 26.9. The molecule has 2 N–H and O–H groups in total. The second-order valence-electron chi connectivity index (χ2n) is 15.0. The minimum atomic E-state index is -1.15. The number of hydrogen-bond acceptors (Lipinski definition) is 5. The standard InChI is InChI=1S/C39H47NO5/c1-4-45-34(43)40(25-27-11-7-5-8-12-27)26-38(44)20-17-32-36(38,3)19-16-31-35(2)18-15-29(41)23-37(35)21-22-39(31,32)30(24-37)33(42)28-13-9-6-10-14-28/h5-14,21-22,24,29,31-32,41,44H,4,15-20,23,25-26H2,1-3H3. The predicted molar refractivity (Wildman–Crippen MR) is 173 cm³/mol. The van der Waals surface area contributed by atoms with E-state index in [9.17, 15) is 19.8 Å². The molecule has 8 rings (SSSR count). The first kappa shape index (κ1) is 30.4. The molecule has 6 heteroatoms. The summed E-state index contributed by atoms with van der Waals surface area (Å²) in [7, 11) is 0. The van der Waals surface area contributed by atoms with Crippen LogP contribution in [0.3, 0.4) is 0 Å². The van der Waals surface area contributed by atoms with E-state index in [1.54, 1.807) is 4.90 Å². The first-order valence-corrected chi connectivity index (χ1v) is 16.9. The van der Waals surface area contributed by atoms with Crippen LogP contribution in [0.4, 0.5) is 4.79 Å². The molecule has 0 saturated heterocycles. The van der Waals surface area contributed by atoms with E-state index in [2.05, 4.69) is 32.1 Å². The van der Waals surface area contributed by atoms with E-state index in [-0.39, 0.29) is 47.7 Å². The minimum absolute atomic E-state index is 0.0201. The maximum absolute atomic E-state index is 14.6. The van der Waals surface area contributed by atoms with Gasteiger partial charge < -0.3 is 19.8 Å². The number of carbonyl (C=O) groups is 2. The van der Waals surface area contributed by atoms with E-state index in [1.807, 2.05) is 67.6 Å². The third-order valence-electron chi connectivity index (χ3n) is 13.2. The molecule has 3 saturated carbocycles. The molecule has 45 heavy (non-hydrogen) atoms. The van der Waals surface area contributed by atoms with E-state index in [0.717, 1.165) is 43.2 Å². The molecule has 2 aromatic rings. The Morgan fingerprint density at radius 3 is 2.24 bits per heavy atom.